The number of benzene rings is 4. The third-order valence-electron chi connectivity index (χ3n) is 11.8. The van der Waals surface area contributed by atoms with Crippen LogP contribution in [-0.2, 0) is 34.9 Å². The molecule has 15 heteroatoms. The topological polar surface area (TPSA) is 118 Å². The van der Waals surface area contributed by atoms with Gasteiger partial charge in [0.15, 0.2) is 0 Å². The molecule has 0 heterocycles. The van der Waals surface area contributed by atoms with Crippen molar-refractivity contribution < 1.29 is 31.2 Å². The molecule has 0 aromatic heterocycles. The lowest BCUT2D eigenvalue weighted by Gasteiger charge is -2.05. The van der Waals surface area contributed by atoms with Crippen molar-refractivity contribution in [1.82, 2.24) is 0 Å². The van der Waals surface area contributed by atoms with Crippen LogP contribution in [0.5, 0.6) is 0 Å². The number of rotatable bonds is 33. The van der Waals surface area contributed by atoms with E-state index in [4.69, 9.17) is 59.4 Å². The van der Waals surface area contributed by atoms with Crippen LogP contribution >= 0.6 is 118 Å². The van der Waals surface area contributed by atoms with E-state index in [9.17, 15) is 0 Å². The van der Waals surface area contributed by atoms with Crippen LogP contribution in [0.25, 0.3) is 0 Å². The smallest absolute Gasteiger partial charge is 0.211 e. The Bertz CT molecular complexity index is 1930. The molecule has 0 amide bonds. The van der Waals surface area contributed by atoms with Crippen LogP contribution in [0, 0.1) is 43.2 Å². The molecule has 4 aromatic carbocycles. The summed E-state index contributed by atoms with van der Waals surface area (Å²) in [7, 11) is 7.36. The second kappa shape index (κ2) is 69.9. The first-order chi connectivity index (χ1) is 39.5. The summed E-state index contributed by atoms with van der Waals surface area (Å²) in [6.07, 6.45) is 36.5. The number of hydrogen-bond donors (Lipinski definition) is 5. The predicted octanol–water partition coefficient (Wildman–Crippen LogP) is 19.6. The Morgan fingerprint density at radius 2 is 0.630 bits per heavy atom. The molecule has 0 radical (unpaired) electrons. The minimum absolute atomic E-state index is 0. The Hall–Kier alpha value is -0.910. The fourth-order valence-electron chi connectivity index (χ4n) is 7.27. The van der Waals surface area contributed by atoms with Gasteiger partial charge in [-0.05, 0) is 232 Å². The van der Waals surface area contributed by atoms with E-state index in [1.54, 1.807) is 0 Å². The van der Waals surface area contributed by atoms with Gasteiger partial charge in [0, 0.05) is 133 Å². The van der Waals surface area contributed by atoms with Crippen LogP contribution in [0.4, 0.5) is 0 Å². The normalized spacial score (nSPS) is 9.79. The van der Waals surface area contributed by atoms with Gasteiger partial charge in [0.1, 0.15) is 0 Å². The maximum absolute atomic E-state index is 9.09. The van der Waals surface area contributed by atoms with Crippen molar-refractivity contribution >= 4 is 127 Å². The summed E-state index contributed by atoms with van der Waals surface area (Å²) in [5.74, 6) is 16.5. The van der Waals surface area contributed by atoms with Gasteiger partial charge in [0.2, 0.25) is 9.23 Å². The number of aliphatic hydroxyl groups is 5. The highest BCUT2D eigenvalue weighted by atomic mass is 127. The van der Waals surface area contributed by atoms with Gasteiger partial charge in [0.05, 0.1) is 0 Å². The Morgan fingerprint density at radius 3 is 0.877 bits per heavy atom. The van der Waals surface area contributed by atoms with Crippen LogP contribution in [0.15, 0.2) is 97.1 Å². The number of halogens is 8. The Labute approximate surface area is 557 Å². The minimum atomic E-state index is -1.67. The molecule has 4 rings (SSSR count). The van der Waals surface area contributed by atoms with Crippen LogP contribution in [0.1, 0.15) is 195 Å². The van der Waals surface area contributed by atoms with Crippen LogP contribution in [-0.4, -0.2) is 74.5 Å². The zero-order valence-corrected chi connectivity index (χ0v) is 59.2. The average molecular weight is 1570 g/mol. The SMILES string of the molecule is BrBr.C#CCCCCO.ClCCCCCCc1ccc(CCCCCCCl)cc1.Ic1ccc(I)cc1.O=S(Cl)Cl.OCCCCC#Cc1ccc(C#CCCCCO)cc1.OCCCCCCc1ccc(CCCCCCO)cc1.[HH]. The average Bonchev–Trinajstić information content (AvgIpc) is 3.48. The van der Waals surface area contributed by atoms with Gasteiger partial charge in [-0.2, -0.15) is 0 Å². The van der Waals surface area contributed by atoms with E-state index in [0.717, 1.165) is 132 Å². The van der Waals surface area contributed by atoms with E-state index in [1.807, 2.05) is 24.3 Å². The quantitative estimate of drug-likeness (QED) is 0.0107. The summed E-state index contributed by atoms with van der Waals surface area (Å²) in [6.45, 7) is 1.41. The molecule has 0 aliphatic carbocycles. The molecular formula is C66H96Br2Cl4I2O6S. The van der Waals surface area contributed by atoms with Crippen molar-refractivity contribution in [3.05, 3.63) is 138 Å². The molecule has 81 heavy (non-hydrogen) atoms. The number of aliphatic hydroxyl groups excluding tert-OH is 5. The Morgan fingerprint density at radius 1 is 0.395 bits per heavy atom. The van der Waals surface area contributed by atoms with Crippen LogP contribution in [0.2, 0.25) is 0 Å². The third kappa shape index (κ3) is 64.9. The van der Waals surface area contributed by atoms with E-state index in [-0.39, 0.29) is 21.2 Å². The first kappa shape index (κ1) is 84.3. The summed E-state index contributed by atoms with van der Waals surface area (Å²) >= 11 is 21.4. The van der Waals surface area contributed by atoms with E-state index < -0.39 is 9.23 Å². The largest absolute Gasteiger partial charge is 0.396 e. The lowest BCUT2D eigenvalue weighted by atomic mass is 10.0. The lowest BCUT2D eigenvalue weighted by molar-refractivity contribution is 0.282. The maximum atomic E-state index is 9.09. The van der Waals surface area contributed by atoms with Crippen molar-refractivity contribution in [2.24, 2.45) is 0 Å². The highest BCUT2D eigenvalue weighted by molar-refractivity contribution is 14.1. The van der Waals surface area contributed by atoms with Crippen molar-refractivity contribution in [2.45, 2.75) is 186 Å². The molecule has 4 aromatic rings. The second-order valence-electron chi connectivity index (χ2n) is 18.7. The van der Waals surface area contributed by atoms with E-state index in [2.05, 4.69) is 197 Å². The summed E-state index contributed by atoms with van der Waals surface area (Å²) in [4.78, 5) is 0. The maximum Gasteiger partial charge on any atom is 0.211 e. The van der Waals surface area contributed by atoms with E-state index in [1.165, 1.54) is 106 Å². The molecular weight excluding hydrogens is 1480 g/mol. The molecule has 0 saturated carbocycles. The van der Waals surface area contributed by atoms with Crippen LogP contribution in [0.3, 0.4) is 0 Å². The summed E-state index contributed by atoms with van der Waals surface area (Å²) < 4.78 is 11.7. The van der Waals surface area contributed by atoms with Crippen molar-refractivity contribution in [1.29, 1.82) is 0 Å². The molecule has 0 aliphatic rings. The summed E-state index contributed by atoms with van der Waals surface area (Å²) in [5.41, 5.74) is 7.80. The third-order valence-corrected chi connectivity index (χ3v) is 13.8. The molecule has 5 N–H and O–H groups in total. The standard InChI is InChI=1S/C18H28Cl2.C18H30O2.C18H22O2.C6H4I2.C6H10O.Br2.Cl2OS.H2/c3*19-15-7-3-1-5-9-17-11-13-18(14-12-17)10-6-2-4-8-16-20;7-5-1-2-6(8)4-3-5;1-2-3-4-5-6-7;1-2;1-4(2)3;/h11-14H,1-10,15-16H2;11-14,19-20H,1-10,15-16H2;11-14,19-20H,1-4,7-8,15-16H2;1-4H;1,7H,3-6H2;;;1H. The van der Waals surface area contributed by atoms with Gasteiger partial charge in [0.25, 0.3) is 0 Å². The monoisotopic (exact) mass is 1570 g/mol. The number of hydrogen-bond acceptors (Lipinski definition) is 6. The van der Waals surface area contributed by atoms with Gasteiger partial charge in [-0.25, -0.2) is 4.21 Å². The van der Waals surface area contributed by atoms with Gasteiger partial charge in [-0.3, -0.25) is 0 Å². The fourth-order valence-corrected chi connectivity index (χ4v) is 8.37. The lowest BCUT2D eigenvalue weighted by Crippen LogP contribution is -1.90. The molecule has 0 saturated heterocycles. The molecule has 0 bridgehead atoms. The zero-order valence-electron chi connectivity index (χ0n) is 47.8. The van der Waals surface area contributed by atoms with Gasteiger partial charge < -0.3 is 25.5 Å². The summed E-state index contributed by atoms with van der Waals surface area (Å²) in [6, 6.07) is 34.6. The zero-order chi connectivity index (χ0) is 60.5. The van der Waals surface area contributed by atoms with Crippen molar-refractivity contribution in [3.8, 4) is 36.0 Å². The first-order valence-electron chi connectivity index (χ1n) is 28.7. The Balaban J connectivity index is -0.000000471. The number of aryl methyl sites for hydroxylation is 4. The number of alkyl halides is 2. The van der Waals surface area contributed by atoms with Gasteiger partial charge in [-0.1, -0.05) is 124 Å². The van der Waals surface area contributed by atoms with Crippen molar-refractivity contribution in [2.75, 3.05) is 44.8 Å². The van der Waals surface area contributed by atoms with Gasteiger partial charge in [-0.15, -0.1) is 35.5 Å². The van der Waals surface area contributed by atoms with E-state index in [0.29, 0.717) is 13.2 Å². The molecule has 0 spiro atoms. The molecule has 0 fully saturated rings. The predicted molar refractivity (Wildman–Crippen MR) is 381 cm³/mol. The van der Waals surface area contributed by atoms with E-state index >= 15 is 0 Å². The highest BCUT2D eigenvalue weighted by Crippen LogP contribution is 2.15. The number of unbranched alkanes of at least 4 members (excludes halogenated alkanes) is 18. The molecule has 6 nitrogen and oxygen atoms in total. The molecule has 0 aliphatic heterocycles. The Kier molecular flexibility index (Phi) is 72.7. The number of terminal acetylenes is 1. The highest BCUT2D eigenvalue weighted by Gasteiger charge is 1.99. The fraction of sp³-hybridized carbons (Fsp3) is 0.545. The van der Waals surface area contributed by atoms with Crippen LogP contribution < -0.4 is 0 Å². The molecule has 0 atom stereocenters. The van der Waals surface area contributed by atoms with Crippen molar-refractivity contribution in [3.63, 3.8) is 0 Å². The molecule has 0 unspecified atom stereocenters. The summed E-state index contributed by atoms with van der Waals surface area (Å²) in [5, 5.41) is 43.0. The van der Waals surface area contributed by atoms with Gasteiger partial charge >= 0.3 is 0 Å². The second-order valence-corrected chi connectivity index (χ2v) is 24.4. The molecule has 458 valence electrons. The minimum Gasteiger partial charge on any atom is -0.396 e. The first-order valence-corrected chi connectivity index (χ1v) is 38.4.